The number of nitrogens with zero attached hydrogens (tertiary/aromatic N) is 1. The van der Waals surface area contributed by atoms with E-state index in [1.807, 2.05) is 0 Å². The minimum absolute atomic E-state index is 0.103. The molecule has 1 aromatic carbocycles. The summed E-state index contributed by atoms with van der Waals surface area (Å²) in [6.07, 6.45) is 3.01. The maximum Gasteiger partial charge on any atom is 0.243 e. The summed E-state index contributed by atoms with van der Waals surface area (Å²) < 4.78 is 32.9. The molecule has 0 amide bonds. The average Bonchev–Trinajstić information content (AvgIpc) is 2.68. The molecule has 5 heteroatoms. The molecule has 0 spiro atoms. The summed E-state index contributed by atoms with van der Waals surface area (Å²) in [6, 6.07) is 6.83. The molecule has 2 atom stereocenters. The van der Waals surface area contributed by atoms with Gasteiger partial charge in [-0.1, -0.05) is 20.8 Å². The molecule has 22 heavy (non-hydrogen) atoms. The third-order valence-corrected chi connectivity index (χ3v) is 6.95. The van der Waals surface area contributed by atoms with Crippen LogP contribution in [0.4, 0.5) is 0 Å². The number of hydrogen-bond acceptors (Lipinski definition) is 3. The lowest BCUT2D eigenvalue weighted by Crippen LogP contribution is -2.37. The van der Waals surface area contributed by atoms with Crippen LogP contribution in [0, 0.1) is 10.8 Å². The van der Waals surface area contributed by atoms with E-state index in [0.29, 0.717) is 17.2 Å². The molecule has 0 N–H and O–H groups in total. The summed E-state index contributed by atoms with van der Waals surface area (Å²) in [4.78, 5) is 0.363. The summed E-state index contributed by atoms with van der Waals surface area (Å²) in [5, 5.41) is 0. The first-order valence-electron chi connectivity index (χ1n) is 7.81. The molecule has 1 saturated heterocycles. The Morgan fingerprint density at radius 3 is 2.36 bits per heavy atom. The zero-order valence-corrected chi connectivity index (χ0v) is 14.6. The molecule has 4 nitrogen and oxygen atoms in total. The van der Waals surface area contributed by atoms with Crippen molar-refractivity contribution in [3.8, 4) is 5.75 Å². The molecule has 2 bridgehead atoms. The summed E-state index contributed by atoms with van der Waals surface area (Å²) in [5.74, 6) is 0.673. The van der Waals surface area contributed by atoms with Crippen molar-refractivity contribution in [2.75, 3.05) is 13.7 Å². The van der Waals surface area contributed by atoms with Gasteiger partial charge in [0.25, 0.3) is 0 Å². The minimum atomic E-state index is -3.43. The average molecular weight is 323 g/mol. The Hall–Kier alpha value is -1.07. The van der Waals surface area contributed by atoms with Crippen LogP contribution in [0.3, 0.4) is 0 Å². The van der Waals surface area contributed by atoms with Crippen LogP contribution in [0.1, 0.15) is 40.0 Å². The van der Waals surface area contributed by atoms with Gasteiger partial charge in [0.2, 0.25) is 10.0 Å². The maximum absolute atomic E-state index is 13.0. The van der Waals surface area contributed by atoms with Gasteiger partial charge in [-0.2, -0.15) is 4.31 Å². The van der Waals surface area contributed by atoms with Crippen LogP contribution in [-0.2, 0) is 10.0 Å². The summed E-state index contributed by atoms with van der Waals surface area (Å²) >= 11 is 0. The van der Waals surface area contributed by atoms with Gasteiger partial charge >= 0.3 is 0 Å². The molecule has 1 aliphatic heterocycles. The fraction of sp³-hybridized carbons (Fsp3) is 0.647. The second-order valence-corrected chi connectivity index (χ2v) is 9.83. The first-order valence-corrected chi connectivity index (χ1v) is 9.25. The highest BCUT2D eigenvalue weighted by Gasteiger charge is 2.53. The molecule has 1 aromatic rings. The van der Waals surface area contributed by atoms with Crippen LogP contribution in [0.25, 0.3) is 0 Å². The lowest BCUT2D eigenvalue weighted by molar-refractivity contribution is 0.133. The Morgan fingerprint density at radius 2 is 1.77 bits per heavy atom. The number of rotatable bonds is 3. The number of benzene rings is 1. The van der Waals surface area contributed by atoms with Crippen LogP contribution in [0.2, 0.25) is 0 Å². The van der Waals surface area contributed by atoms with E-state index in [1.54, 1.807) is 35.7 Å². The molecule has 2 aliphatic rings. The van der Waals surface area contributed by atoms with E-state index in [2.05, 4.69) is 20.8 Å². The van der Waals surface area contributed by atoms with Gasteiger partial charge < -0.3 is 4.74 Å². The van der Waals surface area contributed by atoms with Crippen molar-refractivity contribution < 1.29 is 13.2 Å². The van der Waals surface area contributed by atoms with Gasteiger partial charge in [0, 0.05) is 12.6 Å². The van der Waals surface area contributed by atoms with Gasteiger partial charge in [-0.25, -0.2) is 8.42 Å². The maximum atomic E-state index is 13.0. The standard InChI is InChI=1S/C17H25NO3S/c1-16(2)9-13-10-17(3,11-16)12-18(13)22(19,20)15-7-5-14(21-4)6-8-15/h5-8,13H,9-12H2,1-4H3. The predicted molar refractivity (Wildman–Crippen MR) is 86.4 cm³/mol. The summed E-state index contributed by atoms with van der Waals surface area (Å²) in [5.41, 5.74) is 0.313. The largest absolute Gasteiger partial charge is 0.497 e. The van der Waals surface area contributed by atoms with E-state index >= 15 is 0 Å². The Bertz CT molecular complexity index is 666. The van der Waals surface area contributed by atoms with Crippen LogP contribution >= 0.6 is 0 Å². The predicted octanol–water partition coefficient (Wildman–Crippen LogP) is 3.28. The van der Waals surface area contributed by atoms with Gasteiger partial charge in [0.1, 0.15) is 5.75 Å². The van der Waals surface area contributed by atoms with Gasteiger partial charge in [-0.05, 0) is 54.4 Å². The van der Waals surface area contributed by atoms with Crippen molar-refractivity contribution in [2.24, 2.45) is 10.8 Å². The quantitative estimate of drug-likeness (QED) is 0.857. The van der Waals surface area contributed by atoms with E-state index < -0.39 is 10.0 Å². The fourth-order valence-electron chi connectivity index (χ4n) is 4.57. The molecular weight excluding hydrogens is 298 g/mol. The highest BCUT2D eigenvalue weighted by molar-refractivity contribution is 7.89. The molecular formula is C17H25NO3S. The molecule has 0 radical (unpaired) electrons. The monoisotopic (exact) mass is 323 g/mol. The zero-order chi connectivity index (χ0) is 16.2. The zero-order valence-electron chi connectivity index (χ0n) is 13.8. The van der Waals surface area contributed by atoms with Crippen molar-refractivity contribution in [1.82, 2.24) is 4.31 Å². The topological polar surface area (TPSA) is 46.6 Å². The number of ether oxygens (including phenoxy) is 1. The van der Waals surface area contributed by atoms with E-state index in [9.17, 15) is 8.42 Å². The van der Waals surface area contributed by atoms with E-state index in [-0.39, 0.29) is 16.9 Å². The second-order valence-electron chi connectivity index (χ2n) is 7.94. The smallest absolute Gasteiger partial charge is 0.243 e. The highest BCUT2D eigenvalue weighted by Crippen LogP contribution is 2.53. The lowest BCUT2D eigenvalue weighted by Gasteiger charge is -2.39. The second kappa shape index (κ2) is 4.96. The van der Waals surface area contributed by atoms with Crippen molar-refractivity contribution in [3.63, 3.8) is 0 Å². The molecule has 1 aliphatic carbocycles. The van der Waals surface area contributed by atoms with Crippen LogP contribution < -0.4 is 4.74 Å². The molecule has 0 aromatic heterocycles. The van der Waals surface area contributed by atoms with E-state index in [4.69, 9.17) is 4.74 Å². The molecule has 122 valence electrons. The summed E-state index contributed by atoms with van der Waals surface area (Å²) in [6.45, 7) is 7.36. The van der Waals surface area contributed by atoms with Crippen LogP contribution in [0.15, 0.2) is 29.2 Å². The van der Waals surface area contributed by atoms with Crippen molar-refractivity contribution in [3.05, 3.63) is 24.3 Å². The number of hydrogen-bond donors (Lipinski definition) is 0. The number of methoxy groups -OCH3 is 1. The minimum Gasteiger partial charge on any atom is -0.497 e. The molecule has 3 rings (SSSR count). The first kappa shape index (κ1) is 15.8. The summed E-state index contributed by atoms with van der Waals surface area (Å²) in [7, 11) is -1.85. The Morgan fingerprint density at radius 1 is 1.14 bits per heavy atom. The third-order valence-electron chi connectivity index (χ3n) is 5.03. The van der Waals surface area contributed by atoms with E-state index in [0.717, 1.165) is 19.3 Å². The normalized spacial score (nSPS) is 31.2. The molecule has 2 unspecified atom stereocenters. The Kier molecular flexibility index (Phi) is 3.57. The van der Waals surface area contributed by atoms with Gasteiger partial charge in [0.15, 0.2) is 0 Å². The van der Waals surface area contributed by atoms with Crippen molar-refractivity contribution in [2.45, 2.75) is 51.0 Å². The number of fused-ring (bicyclic) bond motifs is 2. The first-order chi connectivity index (χ1) is 10.2. The lowest BCUT2D eigenvalue weighted by atomic mass is 9.65. The molecule has 1 heterocycles. The van der Waals surface area contributed by atoms with Gasteiger partial charge in [0.05, 0.1) is 12.0 Å². The van der Waals surface area contributed by atoms with Gasteiger partial charge in [-0.15, -0.1) is 0 Å². The Balaban J connectivity index is 1.93. The van der Waals surface area contributed by atoms with Crippen LogP contribution in [0.5, 0.6) is 5.75 Å². The number of sulfonamides is 1. The molecule has 1 saturated carbocycles. The third kappa shape index (κ3) is 2.65. The fourth-order valence-corrected chi connectivity index (χ4v) is 6.35. The van der Waals surface area contributed by atoms with Crippen molar-refractivity contribution >= 4 is 10.0 Å². The van der Waals surface area contributed by atoms with E-state index in [1.165, 1.54) is 0 Å². The SMILES string of the molecule is COc1ccc(S(=O)(=O)N2CC3(C)CC2CC(C)(C)C3)cc1. The van der Waals surface area contributed by atoms with Crippen molar-refractivity contribution in [1.29, 1.82) is 0 Å². The van der Waals surface area contributed by atoms with Crippen LogP contribution in [-0.4, -0.2) is 32.4 Å². The highest BCUT2D eigenvalue weighted by atomic mass is 32.2. The van der Waals surface area contributed by atoms with Gasteiger partial charge in [-0.3, -0.25) is 0 Å². The molecule has 2 fully saturated rings. The Labute approximate surface area is 133 Å².